The lowest BCUT2D eigenvalue weighted by molar-refractivity contribution is -0.137. The van der Waals surface area contributed by atoms with Gasteiger partial charge < -0.3 is 20.9 Å². The van der Waals surface area contributed by atoms with Gasteiger partial charge in [0.2, 0.25) is 5.91 Å². The zero-order valence-corrected chi connectivity index (χ0v) is 14.7. The van der Waals surface area contributed by atoms with Gasteiger partial charge in [0.15, 0.2) is 0 Å². The minimum Gasteiger partial charge on any atom is -0.489 e. The van der Waals surface area contributed by atoms with E-state index in [2.05, 4.69) is 5.32 Å². The van der Waals surface area contributed by atoms with Gasteiger partial charge in [0, 0.05) is 13.5 Å². The van der Waals surface area contributed by atoms with E-state index in [-0.39, 0.29) is 25.4 Å². The van der Waals surface area contributed by atoms with Gasteiger partial charge >= 0.3 is 6.18 Å². The van der Waals surface area contributed by atoms with Crippen molar-refractivity contribution in [2.24, 2.45) is 5.73 Å². The quantitative estimate of drug-likeness (QED) is 0.643. The number of carbonyl (C=O) groups excluding carboxylic acids is 1. The molecular formula is C19H21F3N2O3. The number of nitrogens with two attached hydrogens (primary N) is 1. The molecule has 1 atom stereocenters. The molecule has 146 valence electrons. The molecule has 5 nitrogen and oxygen atoms in total. The summed E-state index contributed by atoms with van der Waals surface area (Å²) in [5.74, 6) is 0.0871. The van der Waals surface area contributed by atoms with Crippen molar-refractivity contribution in [3.05, 3.63) is 65.2 Å². The number of alkyl halides is 3. The molecule has 1 amide bonds. The van der Waals surface area contributed by atoms with Crippen LogP contribution < -0.4 is 15.8 Å². The van der Waals surface area contributed by atoms with Crippen LogP contribution in [0.4, 0.5) is 13.2 Å². The summed E-state index contributed by atoms with van der Waals surface area (Å²) < 4.78 is 43.7. The summed E-state index contributed by atoms with van der Waals surface area (Å²) in [5, 5.41) is 12.5. The Hall–Kier alpha value is -2.58. The number of rotatable bonds is 7. The molecular weight excluding hydrogens is 361 g/mol. The highest BCUT2D eigenvalue weighted by atomic mass is 19.4. The Morgan fingerprint density at radius 3 is 2.41 bits per heavy atom. The first-order valence-corrected chi connectivity index (χ1v) is 8.19. The Morgan fingerprint density at radius 1 is 1.15 bits per heavy atom. The Balaban J connectivity index is 1.95. The van der Waals surface area contributed by atoms with E-state index in [1.165, 1.54) is 13.1 Å². The lowest BCUT2D eigenvalue weighted by atomic mass is 10.00. The number of hydrogen-bond donors (Lipinski definition) is 3. The number of ether oxygens (including phenoxy) is 1. The van der Waals surface area contributed by atoms with Crippen molar-refractivity contribution in [3.63, 3.8) is 0 Å². The largest absolute Gasteiger partial charge is 0.489 e. The summed E-state index contributed by atoms with van der Waals surface area (Å²) in [6.07, 6.45) is -4.57. The lowest BCUT2D eigenvalue weighted by Gasteiger charge is -2.22. The topological polar surface area (TPSA) is 84.6 Å². The fraction of sp³-hybridized carbons (Fsp3) is 0.316. The van der Waals surface area contributed by atoms with Crippen molar-refractivity contribution in [1.29, 1.82) is 0 Å². The first-order valence-electron chi connectivity index (χ1n) is 8.19. The van der Waals surface area contributed by atoms with Crippen molar-refractivity contribution in [3.8, 4) is 5.75 Å². The van der Waals surface area contributed by atoms with Crippen LogP contribution in [0.15, 0.2) is 48.5 Å². The number of benzene rings is 2. The predicted octanol–water partition coefficient (Wildman–Crippen LogP) is 2.61. The van der Waals surface area contributed by atoms with E-state index < -0.39 is 17.5 Å². The van der Waals surface area contributed by atoms with Crippen LogP contribution in [0.5, 0.6) is 5.75 Å². The average molecular weight is 382 g/mol. The van der Waals surface area contributed by atoms with Crippen LogP contribution in [0.25, 0.3) is 0 Å². The zero-order valence-electron chi connectivity index (χ0n) is 14.7. The molecule has 0 bridgehead atoms. The fourth-order valence-electron chi connectivity index (χ4n) is 2.49. The maximum absolute atomic E-state index is 12.7. The molecule has 0 aliphatic rings. The highest BCUT2D eigenvalue weighted by molar-refractivity contribution is 5.76. The van der Waals surface area contributed by atoms with Crippen molar-refractivity contribution in [2.45, 2.75) is 31.3 Å². The van der Waals surface area contributed by atoms with Gasteiger partial charge in [-0.2, -0.15) is 13.2 Å². The number of amides is 1. The molecule has 2 rings (SSSR count). The first kappa shape index (κ1) is 20.7. The SMILES string of the molecule is CNC(=O)CC(N)(O)Cc1ccc(OCc2cccc(C(F)(F)F)c2)cc1. The second-order valence-electron chi connectivity index (χ2n) is 6.26. The Labute approximate surface area is 154 Å². The molecule has 0 spiro atoms. The summed E-state index contributed by atoms with van der Waals surface area (Å²) in [7, 11) is 1.45. The fourth-order valence-corrected chi connectivity index (χ4v) is 2.49. The van der Waals surface area contributed by atoms with E-state index in [9.17, 15) is 23.1 Å². The van der Waals surface area contributed by atoms with Gasteiger partial charge in [-0.05, 0) is 35.4 Å². The van der Waals surface area contributed by atoms with Crippen LogP contribution in [-0.4, -0.2) is 23.8 Å². The maximum Gasteiger partial charge on any atom is 0.416 e. The van der Waals surface area contributed by atoms with E-state index in [4.69, 9.17) is 10.5 Å². The van der Waals surface area contributed by atoms with Gasteiger partial charge in [0.1, 0.15) is 18.1 Å². The standard InChI is InChI=1S/C19H21F3N2O3/c1-24-17(25)11-18(23,26)10-13-5-7-16(8-6-13)27-12-14-3-2-4-15(9-14)19(20,21)22/h2-9,26H,10-12,23H2,1H3,(H,24,25). The molecule has 0 aliphatic heterocycles. The smallest absolute Gasteiger partial charge is 0.416 e. The van der Waals surface area contributed by atoms with Gasteiger partial charge in [-0.3, -0.25) is 4.79 Å². The summed E-state index contributed by atoms with van der Waals surface area (Å²) in [6, 6.07) is 11.5. The van der Waals surface area contributed by atoms with E-state index in [0.29, 0.717) is 16.9 Å². The van der Waals surface area contributed by atoms with Crippen LogP contribution in [-0.2, 0) is 24.0 Å². The number of nitrogens with one attached hydrogen (secondary N) is 1. The Morgan fingerprint density at radius 2 is 1.81 bits per heavy atom. The molecule has 4 N–H and O–H groups in total. The molecule has 2 aromatic rings. The van der Waals surface area contributed by atoms with E-state index >= 15 is 0 Å². The second kappa shape index (κ2) is 8.41. The van der Waals surface area contributed by atoms with Crippen molar-refractivity contribution in [1.82, 2.24) is 5.32 Å². The van der Waals surface area contributed by atoms with Gasteiger partial charge in [-0.15, -0.1) is 0 Å². The summed E-state index contributed by atoms with van der Waals surface area (Å²) in [6.45, 7) is -0.0131. The minimum absolute atomic E-state index is 0.0131. The molecule has 0 radical (unpaired) electrons. The molecule has 8 heteroatoms. The van der Waals surface area contributed by atoms with Crippen molar-refractivity contribution in [2.75, 3.05) is 7.05 Å². The molecule has 0 saturated heterocycles. The summed E-state index contributed by atoms with van der Waals surface area (Å²) >= 11 is 0. The number of halogens is 3. The third-order valence-corrected chi connectivity index (χ3v) is 3.84. The van der Waals surface area contributed by atoms with E-state index in [1.807, 2.05) is 0 Å². The van der Waals surface area contributed by atoms with Crippen molar-refractivity contribution < 1.29 is 27.8 Å². The van der Waals surface area contributed by atoms with Gasteiger partial charge in [-0.25, -0.2) is 0 Å². The number of aliphatic hydroxyl groups is 1. The molecule has 0 saturated carbocycles. The average Bonchev–Trinajstić information content (AvgIpc) is 2.60. The Kier molecular flexibility index (Phi) is 6.45. The molecule has 27 heavy (non-hydrogen) atoms. The minimum atomic E-state index is -4.40. The van der Waals surface area contributed by atoms with Gasteiger partial charge in [0.05, 0.1) is 12.0 Å². The third kappa shape index (κ3) is 6.58. The van der Waals surface area contributed by atoms with Crippen LogP contribution in [0.3, 0.4) is 0 Å². The number of carbonyl (C=O) groups is 1. The van der Waals surface area contributed by atoms with Crippen LogP contribution >= 0.6 is 0 Å². The lowest BCUT2D eigenvalue weighted by Crippen LogP contribution is -2.45. The molecule has 0 aromatic heterocycles. The van der Waals surface area contributed by atoms with Crippen LogP contribution in [0, 0.1) is 0 Å². The van der Waals surface area contributed by atoms with Crippen molar-refractivity contribution >= 4 is 5.91 Å². The number of hydrogen-bond acceptors (Lipinski definition) is 4. The molecule has 0 aliphatic carbocycles. The highest BCUT2D eigenvalue weighted by Gasteiger charge is 2.30. The summed E-state index contributed by atoms with van der Waals surface area (Å²) in [4.78, 5) is 11.3. The molecule has 0 heterocycles. The highest BCUT2D eigenvalue weighted by Crippen LogP contribution is 2.29. The third-order valence-electron chi connectivity index (χ3n) is 3.84. The van der Waals surface area contributed by atoms with Crippen LogP contribution in [0.1, 0.15) is 23.1 Å². The van der Waals surface area contributed by atoms with Gasteiger partial charge in [-0.1, -0.05) is 24.3 Å². The first-order chi connectivity index (χ1) is 12.6. The van der Waals surface area contributed by atoms with Crippen LogP contribution in [0.2, 0.25) is 0 Å². The molecule has 2 aromatic carbocycles. The maximum atomic E-state index is 12.7. The van der Waals surface area contributed by atoms with E-state index in [1.54, 1.807) is 30.3 Å². The second-order valence-corrected chi connectivity index (χ2v) is 6.26. The predicted molar refractivity (Wildman–Crippen MR) is 93.7 cm³/mol. The monoisotopic (exact) mass is 382 g/mol. The van der Waals surface area contributed by atoms with E-state index in [0.717, 1.165) is 12.1 Å². The van der Waals surface area contributed by atoms with Gasteiger partial charge in [0.25, 0.3) is 0 Å². The zero-order chi connectivity index (χ0) is 20.1. The normalized spacial score (nSPS) is 13.7. The molecule has 0 fully saturated rings. The summed E-state index contributed by atoms with van der Waals surface area (Å²) in [5.41, 5.74) is 4.40. The Bertz CT molecular complexity index is 775. The molecule has 1 unspecified atom stereocenters.